The average Bonchev–Trinajstić information content (AvgIpc) is 2.76. The average molecular weight is 307 g/mol. The number of rotatable bonds is 4. The first-order valence-electron chi connectivity index (χ1n) is 6.15. The molecule has 110 valence electrons. The van der Waals surface area contributed by atoms with Gasteiger partial charge in [0.1, 0.15) is 5.56 Å². The zero-order valence-electron chi connectivity index (χ0n) is 11.4. The third kappa shape index (κ3) is 3.16. The van der Waals surface area contributed by atoms with Crippen molar-refractivity contribution in [1.29, 1.82) is 0 Å². The Morgan fingerprint density at radius 2 is 2.24 bits per heavy atom. The van der Waals surface area contributed by atoms with Crippen LogP contribution in [0.5, 0.6) is 5.06 Å². The van der Waals surface area contributed by atoms with Crippen LogP contribution in [0.25, 0.3) is 6.08 Å². The highest BCUT2D eigenvalue weighted by molar-refractivity contribution is 7.11. The zero-order valence-corrected chi connectivity index (χ0v) is 12.2. The number of aromatic hydroxyl groups is 1. The molecule has 0 saturated carbocycles. The number of aromatic amines is 1. The lowest BCUT2D eigenvalue weighted by Crippen LogP contribution is -2.22. The topological polar surface area (TPSA) is 105 Å². The van der Waals surface area contributed by atoms with Crippen LogP contribution in [0.4, 0.5) is 0 Å². The molecule has 0 aliphatic heterocycles. The number of hydrogen-bond donors (Lipinski definition) is 2. The molecule has 2 aromatic rings. The van der Waals surface area contributed by atoms with Crippen molar-refractivity contribution in [2.75, 3.05) is 0 Å². The van der Waals surface area contributed by atoms with Gasteiger partial charge in [0, 0.05) is 18.3 Å². The predicted molar refractivity (Wildman–Crippen MR) is 78.9 cm³/mol. The van der Waals surface area contributed by atoms with Gasteiger partial charge in [-0.15, -0.1) is 0 Å². The smallest absolute Gasteiger partial charge is 0.310 e. The second-order valence-corrected chi connectivity index (χ2v) is 5.21. The summed E-state index contributed by atoms with van der Waals surface area (Å²) in [6, 6.07) is 0. The van der Waals surface area contributed by atoms with Gasteiger partial charge in [-0.25, -0.2) is 0 Å². The summed E-state index contributed by atoms with van der Waals surface area (Å²) in [5.74, 6) is -0.673. The van der Waals surface area contributed by atoms with Crippen LogP contribution < -0.4 is 10.4 Å². The Balaban J connectivity index is 2.34. The number of H-pyrrole nitrogens is 1. The maximum atomic E-state index is 12.0. The number of carbonyl (C=O) groups excluding carboxylic acids is 1. The fraction of sp³-hybridized carbons (Fsp3) is 0.231. The van der Waals surface area contributed by atoms with E-state index in [1.165, 1.54) is 12.2 Å². The van der Waals surface area contributed by atoms with Crippen molar-refractivity contribution < 1.29 is 9.90 Å². The number of nitrogens with zero attached hydrogens (tertiary/aromatic N) is 2. The van der Waals surface area contributed by atoms with E-state index in [1.807, 2.05) is 11.9 Å². The molecule has 0 fully saturated rings. The van der Waals surface area contributed by atoms with E-state index in [9.17, 15) is 19.5 Å². The molecule has 0 unspecified atom stereocenters. The minimum Gasteiger partial charge on any atom is -0.499 e. The van der Waals surface area contributed by atoms with Gasteiger partial charge in [0.25, 0.3) is 5.56 Å². The van der Waals surface area contributed by atoms with Crippen LogP contribution in [0.1, 0.15) is 28.5 Å². The minimum absolute atomic E-state index is 0.407. The lowest BCUT2D eigenvalue weighted by Gasteiger charge is -1.96. The molecular weight excluding hydrogens is 294 g/mol. The maximum absolute atomic E-state index is 12.0. The van der Waals surface area contributed by atoms with Gasteiger partial charge in [0.2, 0.25) is 0 Å². The summed E-state index contributed by atoms with van der Waals surface area (Å²) in [5.41, 5.74) is 0.158. The number of carbonyl (C=O) groups is 1. The van der Waals surface area contributed by atoms with Gasteiger partial charge in [0.05, 0.1) is 5.69 Å². The zero-order chi connectivity index (χ0) is 15.6. The summed E-state index contributed by atoms with van der Waals surface area (Å²) in [4.78, 5) is 35.8. The standard InChI is InChI=1S/C13H13N3O4S/c1-3-16-6-8(7(2)15-16)4-5-9(17)10-11(18)14-13(20)21-12(10)19/h4-6,19H,3H2,1-2H3,(H,14,18,20)/b5-4+. The van der Waals surface area contributed by atoms with Crippen molar-refractivity contribution in [3.8, 4) is 5.06 Å². The lowest BCUT2D eigenvalue weighted by molar-refractivity contribution is 0.104. The van der Waals surface area contributed by atoms with E-state index in [0.29, 0.717) is 17.9 Å². The van der Waals surface area contributed by atoms with Crippen LogP contribution in [0, 0.1) is 6.92 Å². The molecule has 0 aliphatic carbocycles. The minimum atomic E-state index is -0.896. The van der Waals surface area contributed by atoms with Crippen molar-refractivity contribution in [2.24, 2.45) is 0 Å². The van der Waals surface area contributed by atoms with E-state index in [1.54, 1.807) is 17.8 Å². The predicted octanol–water partition coefficient (Wildman–Crippen LogP) is 0.923. The van der Waals surface area contributed by atoms with Crippen LogP contribution in [-0.2, 0) is 6.54 Å². The lowest BCUT2D eigenvalue weighted by atomic mass is 10.1. The normalized spacial score (nSPS) is 11.1. The van der Waals surface area contributed by atoms with E-state index in [2.05, 4.69) is 5.10 Å². The van der Waals surface area contributed by atoms with Crippen LogP contribution in [0.3, 0.4) is 0 Å². The number of ketones is 1. The second kappa shape index (κ2) is 5.88. The first-order chi connectivity index (χ1) is 9.92. The van der Waals surface area contributed by atoms with Gasteiger partial charge >= 0.3 is 4.87 Å². The summed E-state index contributed by atoms with van der Waals surface area (Å²) < 4.78 is 1.72. The molecule has 2 heterocycles. The van der Waals surface area contributed by atoms with Gasteiger partial charge in [-0.3, -0.25) is 24.0 Å². The number of aromatic nitrogens is 3. The molecule has 2 N–H and O–H groups in total. The molecule has 8 heteroatoms. The van der Waals surface area contributed by atoms with Crippen LogP contribution in [0.15, 0.2) is 21.9 Å². The molecular formula is C13H13N3O4S. The van der Waals surface area contributed by atoms with E-state index in [-0.39, 0.29) is 0 Å². The molecule has 7 nitrogen and oxygen atoms in total. The van der Waals surface area contributed by atoms with Crippen molar-refractivity contribution in [3.63, 3.8) is 0 Å². The number of aryl methyl sites for hydroxylation is 2. The Bertz CT molecular complexity index is 829. The highest BCUT2D eigenvalue weighted by Crippen LogP contribution is 2.16. The third-order valence-electron chi connectivity index (χ3n) is 2.81. The van der Waals surface area contributed by atoms with E-state index < -0.39 is 26.8 Å². The Kier molecular flexibility index (Phi) is 4.18. The molecule has 2 rings (SSSR count). The van der Waals surface area contributed by atoms with E-state index in [4.69, 9.17) is 0 Å². The molecule has 0 bridgehead atoms. The SMILES string of the molecule is CCn1cc(/C=C/C(=O)c2c(O)sc(=O)[nH]c2=O)c(C)n1. The van der Waals surface area contributed by atoms with Crippen molar-refractivity contribution in [3.05, 3.63) is 49.1 Å². The molecule has 0 saturated heterocycles. The Morgan fingerprint density at radius 1 is 1.52 bits per heavy atom. The molecule has 0 amide bonds. The molecule has 0 radical (unpaired) electrons. The van der Waals surface area contributed by atoms with E-state index in [0.717, 1.165) is 11.3 Å². The van der Waals surface area contributed by atoms with Gasteiger partial charge in [-0.1, -0.05) is 0 Å². The van der Waals surface area contributed by atoms with Crippen molar-refractivity contribution in [1.82, 2.24) is 14.8 Å². The Hall–Kier alpha value is -2.48. The number of allylic oxidation sites excluding steroid dienone is 1. The molecule has 0 spiro atoms. The highest BCUT2D eigenvalue weighted by Gasteiger charge is 2.15. The summed E-state index contributed by atoms with van der Waals surface area (Å²) in [7, 11) is 0. The van der Waals surface area contributed by atoms with Gasteiger partial charge < -0.3 is 5.11 Å². The number of nitrogens with one attached hydrogen (secondary N) is 1. The van der Waals surface area contributed by atoms with E-state index >= 15 is 0 Å². The van der Waals surface area contributed by atoms with Gasteiger partial charge in [-0.05, 0) is 37.3 Å². The maximum Gasteiger partial charge on any atom is 0.310 e. The second-order valence-electron chi connectivity index (χ2n) is 4.25. The monoisotopic (exact) mass is 307 g/mol. The van der Waals surface area contributed by atoms with Crippen LogP contribution >= 0.6 is 11.3 Å². The first kappa shape index (κ1) is 14.9. The van der Waals surface area contributed by atoms with Crippen molar-refractivity contribution in [2.45, 2.75) is 20.4 Å². The van der Waals surface area contributed by atoms with Crippen molar-refractivity contribution >= 4 is 23.2 Å². The van der Waals surface area contributed by atoms with Gasteiger partial charge in [0.15, 0.2) is 10.8 Å². The quantitative estimate of drug-likeness (QED) is 0.645. The van der Waals surface area contributed by atoms with Gasteiger partial charge in [-0.2, -0.15) is 5.10 Å². The molecule has 0 aliphatic rings. The fourth-order valence-electron chi connectivity index (χ4n) is 1.74. The van der Waals surface area contributed by atoms with Crippen LogP contribution in [0.2, 0.25) is 0 Å². The third-order valence-corrected chi connectivity index (χ3v) is 3.50. The van der Waals surface area contributed by atoms with Crippen LogP contribution in [-0.4, -0.2) is 25.7 Å². The molecule has 2 aromatic heterocycles. The summed E-state index contributed by atoms with van der Waals surface area (Å²) in [6.45, 7) is 4.44. The highest BCUT2D eigenvalue weighted by atomic mass is 32.1. The summed E-state index contributed by atoms with van der Waals surface area (Å²) in [5, 5.41) is 13.2. The number of hydrogen-bond acceptors (Lipinski definition) is 6. The fourth-order valence-corrected chi connectivity index (χ4v) is 2.36. The molecule has 21 heavy (non-hydrogen) atoms. The molecule has 0 atom stereocenters. The molecule has 0 aromatic carbocycles. The first-order valence-corrected chi connectivity index (χ1v) is 6.97. The largest absolute Gasteiger partial charge is 0.499 e. The Labute approximate surface area is 123 Å². The Morgan fingerprint density at radius 3 is 2.81 bits per heavy atom. The summed E-state index contributed by atoms with van der Waals surface area (Å²) in [6.07, 6.45) is 4.46. The summed E-state index contributed by atoms with van der Waals surface area (Å²) >= 11 is 0.407.